The predicted molar refractivity (Wildman–Crippen MR) is 85.2 cm³/mol. The van der Waals surface area contributed by atoms with Crippen molar-refractivity contribution in [1.29, 1.82) is 0 Å². The summed E-state index contributed by atoms with van der Waals surface area (Å²) in [7, 11) is 0. The number of aromatic hydroxyl groups is 1. The molecule has 1 aliphatic rings. The number of hydrogen-bond donors (Lipinski definition) is 1. The van der Waals surface area contributed by atoms with Gasteiger partial charge in [-0.1, -0.05) is 39.3 Å². The Kier molecular flexibility index (Phi) is 5.09. The molecule has 1 atom stereocenters. The second-order valence-corrected chi connectivity index (χ2v) is 6.81. The molecular weight excluding hydrogens is 246 g/mol. The van der Waals surface area contributed by atoms with E-state index < -0.39 is 0 Å². The first-order valence-corrected chi connectivity index (χ1v) is 8.07. The molecule has 1 aliphatic heterocycles. The first kappa shape index (κ1) is 15.4. The van der Waals surface area contributed by atoms with Gasteiger partial charge in [-0.15, -0.1) is 0 Å². The van der Waals surface area contributed by atoms with E-state index in [1.807, 2.05) is 12.1 Å². The molecule has 0 aromatic heterocycles. The summed E-state index contributed by atoms with van der Waals surface area (Å²) >= 11 is 0. The molecular formula is C18H29NO. The minimum absolute atomic E-state index is 0.237. The van der Waals surface area contributed by atoms with Crippen molar-refractivity contribution in [1.82, 2.24) is 4.90 Å². The van der Waals surface area contributed by atoms with Crippen LogP contribution in [0.25, 0.3) is 0 Å². The molecule has 0 spiro atoms. The molecule has 0 aliphatic carbocycles. The van der Waals surface area contributed by atoms with E-state index in [9.17, 15) is 5.11 Å². The predicted octanol–water partition coefficient (Wildman–Crippen LogP) is 4.18. The zero-order valence-electron chi connectivity index (χ0n) is 13.2. The molecule has 1 heterocycles. The van der Waals surface area contributed by atoms with Crippen LogP contribution in [0.2, 0.25) is 0 Å². The van der Waals surface area contributed by atoms with Gasteiger partial charge in [0.15, 0.2) is 0 Å². The molecule has 0 radical (unpaired) electrons. The molecule has 1 fully saturated rings. The fourth-order valence-electron chi connectivity index (χ4n) is 3.67. The third-order valence-corrected chi connectivity index (χ3v) is 4.52. The molecule has 0 bridgehead atoms. The van der Waals surface area contributed by atoms with Crippen LogP contribution < -0.4 is 0 Å². The van der Waals surface area contributed by atoms with Gasteiger partial charge in [0, 0.05) is 12.0 Å². The summed E-state index contributed by atoms with van der Waals surface area (Å²) in [5.41, 5.74) is 1.56. The average molecular weight is 275 g/mol. The Morgan fingerprint density at radius 3 is 2.80 bits per heavy atom. The summed E-state index contributed by atoms with van der Waals surface area (Å²) in [5.74, 6) is 1.08. The van der Waals surface area contributed by atoms with Gasteiger partial charge in [-0.25, -0.2) is 0 Å². The van der Waals surface area contributed by atoms with E-state index in [-0.39, 0.29) is 5.41 Å². The SMILES string of the molecule is CCCCN1CCC(CC(C)C)(c2cccc(O)c2)C1. The van der Waals surface area contributed by atoms with Crippen LogP contribution in [-0.4, -0.2) is 29.6 Å². The largest absolute Gasteiger partial charge is 0.508 e. The first-order chi connectivity index (χ1) is 9.55. The van der Waals surface area contributed by atoms with Gasteiger partial charge in [0.05, 0.1) is 0 Å². The maximum Gasteiger partial charge on any atom is 0.115 e. The van der Waals surface area contributed by atoms with Crippen molar-refractivity contribution in [2.24, 2.45) is 5.92 Å². The monoisotopic (exact) mass is 275 g/mol. The molecule has 1 aromatic carbocycles. The molecule has 0 saturated carbocycles. The van der Waals surface area contributed by atoms with Crippen molar-refractivity contribution < 1.29 is 5.11 Å². The second kappa shape index (κ2) is 6.62. The lowest BCUT2D eigenvalue weighted by Crippen LogP contribution is -2.33. The number of rotatable bonds is 6. The fourth-order valence-corrected chi connectivity index (χ4v) is 3.67. The van der Waals surface area contributed by atoms with Crippen LogP contribution in [0.15, 0.2) is 24.3 Å². The van der Waals surface area contributed by atoms with Gasteiger partial charge in [0.1, 0.15) is 5.75 Å². The van der Waals surface area contributed by atoms with Gasteiger partial charge in [0.25, 0.3) is 0 Å². The van der Waals surface area contributed by atoms with Crippen molar-refractivity contribution in [2.75, 3.05) is 19.6 Å². The molecule has 112 valence electrons. The quantitative estimate of drug-likeness (QED) is 0.842. The summed E-state index contributed by atoms with van der Waals surface area (Å²) < 4.78 is 0. The lowest BCUT2D eigenvalue weighted by atomic mass is 9.73. The number of phenolic OH excluding ortho intramolecular Hbond substituents is 1. The molecule has 1 N–H and O–H groups in total. The van der Waals surface area contributed by atoms with Crippen LogP contribution in [0.5, 0.6) is 5.75 Å². The molecule has 2 rings (SSSR count). The van der Waals surface area contributed by atoms with E-state index in [4.69, 9.17) is 0 Å². The van der Waals surface area contributed by atoms with Crippen LogP contribution in [0, 0.1) is 5.92 Å². The van der Waals surface area contributed by atoms with Gasteiger partial charge in [0.2, 0.25) is 0 Å². The normalized spacial score (nSPS) is 23.6. The molecule has 2 nitrogen and oxygen atoms in total. The number of benzene rings is 1. The highest BCUT2D eigenvalue weighted by Crippen LogP contribution is 2.41. The highest BCUT2D eigenvalue weighted by molar-refractivity contribution is 5.34. The summed E-state index contributed by atoms with van der Waals surface area (Å²) in [6, 6.07) is 7.94. The number of unbranched alkanes of at least 4 members (excludes halogenated alkanes) is 1. The van der Waals surface area contributed by atoms with E-state index >= 15 is 0 Å². The van der Waals surface area contributed by atoms with Crippen LogP contribution >= 0.6 is 0 Å². The molecule has 2 heteroatoms. The van der Waals surface area contributed by atoms with Gasteiger partial charge in [-0.2, -0.15) is 0 Å². The smallest absolute Gasteiger partial charge is 0.115 e. The zero-order chi connectivity index (χ0) is 14.6. The van der Waals surface area contributed by atoms with E-state index in [0.717, 1.165) is 6.54 Å². The summed E-state index contributed by atoms with van der Waals surface area (Å²) in [6.07, 6.45) is 4.98. The second-order valence-electron chi connectivity index (χ2n) is 6.81. The van der Waals surface area contributed by atoms with Gasteiger partial charge >= 0.3 is 0 Å². The standard InChI is InChI=1S/C18H29NO/c1-4-5-10-19-11-9-18(14-19,13-15(2)3)16-7-6-8-17(20)12-16/h6-8,12,15,20H,4-5,9-11,13-14H2,1-3H3. The molecule has 20 heavy (non-hydrogen) atoms. The van der Waals surface area contributed by atoms with Gasteiger partial charge in [-0.3, -0.25) is 0 Å². The lowest BCUT2D eigenvalue weighted by Gasteiger charge is -2.32. The fraction of sp³-hybridized carbons (Fsp3) is 0.667. The molecule has 0 amide bonds. The summed E-state index contributed by atoms with van der Waals surface area (Å²) in [6.45, 7) is 10.4. The van der Waals surface area contributed by atoms with Crippen LogP contribution in [0.4, 0.5) is 0 Å². The zero-order valence-corrected chi connectivity index (χ0v) is 13.2. The minimum Gasteiger partial charge on any atom is -0.508 e. The topological polar surface area (TPSA) is 23.5 Å². The van der Waals surface area contributed by atoms with Gasteiger partial charge in [-0.05, 0) is 56.0 Å². The Hall–Kier alpha value is -1.02. The summed E-state index contributed by atoms with van der Waals surface area (Å²) in [5, 5.41) is 9.82. The highest BCUT2D eigenvalue weighted by atomic mass is 16.3. The van der Waals surface area contributed by atoms with Crippen molar-refractivity contribution in [3.05, 3.63) is 29.8 Å². The summed E-state index contributed by atoms with van der Waals surface area (Å²) in [4.78, 5) is 2.61. The van der Waals surface area contributed by atoms with Crippen LogP contribution in [0.1, 0.15) is 52.0 Å². The lowest BCUT2D eigenvalue weighted by molar-refractivity contribution is 0.283. The Morgan fingerprint density at radius 1 is 1.35 bits per heavy atom. The third kappa shape index (κ3) is 3.54. The van der Waals surface area contributed by atoms with E-state index in [1.54, 1.807) is 6.07 Å². The molecule has 1 aromatic rings. The highest BCUT2D eigenvalue weighted by Gasteiger charge is 2.39. The maximum absolute atomic E-state index is 9.82. The number of nitrogens with zero attached hydrogens (tertiary/aromatic N) is 1. The average Bonchev–Trinajstić information content (AvgIpc) is 2.80. The van der Waals surface area contributed by atoms with Crippen molar-refractivity contribution in [2.45, 2.75) is 51.9 Å². The Bertz CT molecular complexity index is 429. The van der Waals surface area contributed by atoms with E-state index in [0.29, 0.717) is 11.7 Å². The van der Waals surface area contributed by atoms with Gasteiger partial charge < -0.3 is 10.0 Å². The molecule has 1 unspecified atom stereocenters. The van der Waals surface area contributed by atoms with E-state index in [2.05, 4.69) is 31.7 Å². The Balaban J connectivity index is 2.19. The van der Waals surface area contributed by atoms with Crippen molar-refractivity contribution in [3.63, 3.8) is 0 Å². The Morgan fingerprint density at radius 2 is 2.15 bits per heavy atom. The Labute approximate surface area is 123 Å². The minimum atomic E-state index is 0.237. The number of hydrogen-bond acceptors (Lipinski definition) is 2. The number of likely N-dealkylation sites (tertiary alicyclic amines) is 1. The molecule has 1 saturated heterocycles. The first-order valence-electron chi connectivity index (χ1n) is 8.07. The van der Waals surface area contributed by atoms with Crippen molar-refractivity contribution >= 4 is 0 Å². The third-order valence-electron chi connectivity index (χ3n) is 4.52. The van der Waals surface area contributed by atoms with Crippen LogP contribution in [-0.2, 0) is 5.41 Å². The number of phenols is 1. The van der Waals surface area contributed by atoms with E-state index in [1.165, 1.54) is 44.3 Å². The maximum atomic E-state index is 9.82. The van der Waals surface area contributed by atoms with Crippen molar-refractivity contribution in [3.8, 4) is 5.75 Å². The van der Waals surface area contributed by atoms with Crippen LogP contribution in [0.3, 0.4) is 0 Å².